The molecule has 7 heteroatoms. The molecule has 2 N–H and O–H groups in total. The van der Waals surface area contributed by atoms with Crippen LogP contribution in [0.15, 0.2) is 28.7 Å². The largest absolute Gasteiger partial charge is 0.441 e. The summed E-state index contributed by atoms with van der Waals surface area (Å²) < 4.78 is 11.1. The highest BCUT2D eigenvalue weighted by molar-refractivity contribution is 5.95. The molecule has 0 aliphatic carbocycles. The van der Waals surface area contributed by atoms with Crippen LogP contribution in [0.25, 0.3) is 11.5 Å². The third-order valence-electron chi connectivity index (χ3n) is 4.00. The molecule has 2 aromatic rings. The van der Waals surface area contributed by atoms with E-state index in [1.54, 1.807) is 0 Å². The Morgan fingerprint density at radius 1 is 1.38 bits per heavy atom. The Kier molecular flexibility index (Phi) is 5.99. The topological polar surface area (TPSA) is 76.4 Å². The molecule has 0 radical (unpaired) electrons. The van der Waals surface area contributed by atoms with Crippen molar-refractivity contribution >= 4 is 24.0 Å². The minimum Gasteiger partial charge on any atom is -0.441 e. The van der Waals surface area contributed by atoms with E-state index < -0.39 is 0 Å². The number of amides is 1. The van der Waals surface area contributed by atoms with Gasteiger partial charge in [-0.1, -0.05) is 6.07 Å². The van der Waals surface area contributed by atoms with E-state index in [1.807, 2.05) is 45.0 Å². The van der Waals surface area contributed by atoms with Crippen molar-refractivity contribution in [2.75, 3.05) is 18.5 Å². The van der Waals surface area contributed by atoms with Gasteiger partial charge in [-0.15, -0.1) is 12.4 Å². The maximum Gasteiger partial charge on any atom is 0.244 e. The fraction of sp³-hybridized carbons (Fsp3) is 0.412. The van der Waals surface area contributed by atoms with Crippen molar-refractivity contribution < 1.29 is 13.9 Å². The van der Waals surface area contributed by atoms with Crippen LogP contribution < -0.4 is 10.6 Å². The van der Waals surface area contributed by atoms with Gasteiger partial charge in [-0.05, 0) is 39.0 Å². The molecule has 1 aromatic heterocycles. The molecule has 1 saturated heterocycles. The van der Waals surface area contributed by atoms with Crippen molar-refractivity contribution in [3.05, 3.63) is 35.7 Å². The molecule has 0 spiro atoms. The number of rotatable bonds is 3. The molecule has 1 amide bonds. The molecular weight excluding hydrogens is 330 g/mol. The molecule has 3 rings (SSSR count). The van der Waals surface area contributed by atoms with Gasteiger partial charge in [0.2, 0.25) is 11.8 Å². The fourth-order valence-corrected chi connectivity index (χ4v) is 2.57. The smallest absolute Gasteiger partial charge is 0.244 e. The van der Waals surface area contributed by atoms with Crippen molar-refractivity contribution in [2.45, 2.75) is 32.9 Å². The van der Waals surface area contributed by atoms with Gasteiger partial charge in [0.15, 0.2) is 0 Å². The lowest BCUT2D eigenvalue weighted by Crippen LogP contribution is -2.53. The summed E-state index contributed by atoms with van der Waals surface area (Å²) in [4.78, 5) is 16.8. The number of hydrogen-bond donors (Lipinski definition) is 2. The van der Waals surface area contributed by atoms with E-state index in [0.717, 1.165) is 17.0 Å². The number of aryl methyl sites for hydroxylation is 2. The van der Waals surface area contributed by atoms with Crippen LogP contribution in [0.1, 0.15) is 18.4 Å². The second-order valence-electron chi connectivity index (χ2n) is 5.74. The lowest BCUT2D eigenvalue weighted by atomic mass is 10.1. The number of aromatic nitrogens is 1. The van der Waals surface area contributed by atoms with E-state index in [0.29, 0.717) is 24.7 Å². The van der Waals surface area contributed by atoms with E-state index in [9.17, 15) is 4.79 Å². The number of nitrogens with zero attached hydrogens (tertiary/aromatic N) is 1. The predicted molar refractivity (Wildman–Crippen MR) is 94.5 cm³/mol. The quantitative estimate of drug-likeness (QED) is 0.889. The molecule has 0 saturated carbocycles. The van der Waals surface area contributed by atoms with Crippen LogP contribution in [-0.2, 0) is 9.53 Å². The molecule has 1 fully saturated rings. The number of nitrogens with one attached hydrogen (secondary N) is 2. The molecule has 0 bridgehead atoms. The van der Waals surface area contributed by atoms with Gasteiger partial charge in [-0.2, -0.15) is 0 Å². The Morgan fingerprint density at radius 2 is 2.17 bits per heavy atom. The molecule has 24 heavy (non-hydrogen) atoms. The number of hydrogen-bond acceptors (Lipinski definition) is 5. The summed E-state index contributed by atoms with van der Waals surface area (Å²) in [6, 6.07) is 7.13. The first-order chi connectivity index (χ1) is 11.0. The summed E-state index contributed by atoms with van der Waals surface area (Å²) in [5.41, 5.74) is 2.41. The highest BCUT2D eigenvalue weighted by atomic mass is 35.5. The Balaban J connectivity index is 0.00000208. The summed E-state index contributed by atoms with van der Waals surface area (Å²) in [6.45, 7) is 6.99. The summed E-state index contributed by atoms with van der Waals surface area (Å²) >= 11 is 0. The number of halogens is 1. The minimum atomic E-state index is -0.348. The van der Waals surface area contributed by atoms with Gasteiger partial charge in [0.25, 0.3) is 0 Å². The number of carbonyl (C=O) groups is 1. The van der Waals surface area contributed by atoms with Crippen LogP contribution in [0.4, 0.5) is 5.69 Å². The van der Waals surface area contributed by atoms with E-state index in [2.05, 4.69) is 15.6 Å². The minimum absolute atomic E-state index is 0. The number of anilines is 1. The van der Waals surface area contributed by atoms with Crippen molar-refractivity contribution in [3.63, 3.8) is 0 Å². The number of morpholine rings is 1. The van der Waals surface area contributed by atoms with Crippen LogP contribution >= 0.6 is 12.4 Å². The number of ether oxygens (including phenoxy) is 1. The average Bonchev–Trinajstić information content (AvgIpc) is 2.87. The molecule has 1 aliphatic heterocycles. The van der Waals surface area contributed by atoms with Gasteiger partial charge in [-0.25, -0.2) is 4.98 Å². The van der Waals surface area contributed by atoms with Crippen LogP contribution in [0.2, 0.25) is 0 Å². The molecule has 1 aliphatic rings. The molecular formula is C17H22ClN3O3. The summed E-state index contributed by atoms with van der Waals surface area (Å²) in [6.07, 6.45) is -0.149. The first-order valence-corrected chi connectivity index (χ1v) is 7.75. The Hall–Kier alpha value is -1.89. The van der Waals surface area contributed by atoms with Crippen molar-refractivity contribution in [1.82, 2.24) is 10.3 Å². The zero-order valence-corrected chi connectivity index (χ0v) is 14.8. The number of oxazole rings is 1. The second kappa shape index (κ2) is 7.79. The Morgan fingerprint density at radius 3 is 2.83 bits per heavy atom. The summed E-state index contributed by atoms with van der Waals surface area (Å²) in [5, 5.41) is 6.10. The molecule has 2 heterocycles. The van der Waals surface area contributed by atoms with Gasteiger partial charge in [0.05, 0.1) is 18.4 Å². The van der Waals surface area contributed by atoms with Gasteiger partial charge in [0.1, 0.15) is 11.8 Å². The third-order valence-corrected chi connectivity index (χ3v) is 4.00. The van der Waals surface area contributed by atoms with Gasteiger partial charge < -0.3 is 19.8 Å². The zero-order valence-electron chi connectivity index (χ0n) is 14.0. The highest BCUT2D eigenvalue weighted by Crippen LogP contribution is 2.24. The second-order valence-corrected chi connectivity index (χ2v) is 5.74. The predicted octanol–water partition coefficient (Wildman–Crippen LogP) is 2.70. The maximum atomic E-state index is 12.4. The molecule has 1 aromatic carbocycles. The van der Waals surface area contributed by atoms with Gasteiger partial charge in [-0.3, -0.25) is 4.79 Å². The Bertz CT molecular complexity index is 697. The standard InChI is InChI=1S/C17H21N3O3.ClH/c1-10-11(2)23-17(19-10)13-5-4-6-14(9-13)20-16(21)15-12(3)22-8-7-18-15;/h4-6,9,12,15,18H,7-8H2,1-3H3,(H,20,21);1H/t12-,15+;/m1./s1. The lowest BCUT2D eigenvalue weighted by Gasteiger charge is -2.29. The first-order valence-electron chi connectivity index (χ1n) is 7.75. The van der Waals surface area contributed by atoms with Gasteiger partial charge in [0, 0.05) is 17.8 Å². The number of carbonyl (C=O) groups excluding carboxylic acids is 1. The van der Waals surface area contributed by atoms with Crippen LogP contribution in [-0.4, -0.2) is 36.2 Å². The number of benzene rings is 1. The Labute approximate surface area is 147 Å². The van der Waals surface area contributed by atoms with E-state index in [1.165, 1.54) is 0 Å². The fourth-order valence-electron chi connectivity index (χ4n) is 2.57. The molecule has 0 unspecified atom stereocenters. The average molecular weight is 352 g/mol. The van der Waals surface area contributed by atoms with E-state index in [-0.39, 0.29) is 30.5 Å². The first kappa shape index (κ1) is 18.4. The SMILES string of the molecule is Cc1nc(-c2cccc(NC(=O)[C@H]3NCCO[C@@H]3C)c2)oc1C.Cl. The lowest BCUT2D eigenvalue weighted by molar-refractivity contribution is -0.123. The third kappa shape index (κ3) is 3.95. The van der Waals surface area contributed by atoms with Crippen LogP contribution in [0.3, 0.4) is 0 Å². The monoisotopic (exact) mass is 351 g/mol. The van der Waals surface area contributed by atoms with Crippen molar-refractivity contribution in [2.24, 2.45) is 0 Å². The zero-order chi connectivity index (χ0) is 16.4. The van der Waals surface area contributed by atoms with Gasteiger partial charge >= 0.3 is 0 Å². The summed E-state index contributed by atoms with van der Waals surface area (Å²) in [5.74, 6) is 1.25. The normalized spacial score (nSPS) is 20.3. The molecule has 6 nitrogen and oxygen atoms in total. The molecule has 130 valence electrons. The van der Waals surface area contributed by atoms with Crippen molar-refractivity contribution in [3.8, 4) is 11.5 Å². The highest BCUT2D eigenvalue weighted by Gasteiger charge is 2.28. The van der Waals surface area contributed by atoms with Crippen molar-refractivity contribution in [1.29, 1.82) is 0 Å². The van der Waals surface area contributed by atoms with Crippen LogP contribution in [0, 0.1) is 13.8 Å². The van der Waals surface area contributed by atoms with Crippen LogP contribution in [0.5, 0.6) is 0 Å². The van der Waals surface area contributed by atoms with E-state index in [4.69, 9.17) is 9.15 Å². The maximum absolute atomic E-state index is 12.4. The van der Waals surface area contributed by atoms with E-state index >= 15 is 0 Å². The summed E-state index contributed by atoms with van der Waals surface area (Å²) in [7, 11) is 0. The molecule has 2 atom stereocenters.